The molecule has 0 bridgehead atoms. The van der Waals surface area contributed by atoms with E-state index < -0.39 is 0 Å². The van der Waals surface area contributed by atoms with Gasteiger partial charge in [0.1, 0.15) is 17.2 Å². The standard InChI is InChI=1S/C23H22N4O2/c1-4-29-16-8-10-19-18(12-16)21(24)17-9-7-15(11-20(17)25-19)26-27-22-13(2)5-6-14(3)23(22)28/h5-12,28H,4H2,1-3H3,(H2,24,25)/b27-26+. The second-order valence-electron chi connectivity index (χ2n) is 6.94. The number of hydrogen-bond donors (Lipinski definition) is 2. The fraction of sp³-hybridized carbons (Fsp3) is 0.174. The zero-order chi connectivity index (χ0) is 20.5. The van der Waals surface area contributed by atoms with Crippen LogP contribution in [0, 0.1) is 13.8 Å². The Bertz CT molecular complexity index is 1270. The van der Waals surface area contributed by atoms with Gasteiger partial charge in [0.05, 0.1) is 29.0 Å². The van der Waals surface area contributed by atoms with Crippen LogP contribution < -0.4 is 10.5 Å². The number of fused-ring (bicyclic) bond motifs is 2. The molecule has 0 aliphatic heterocycles. The van der Waals surface area contributed by atoms with E-state index in [0.29, 0.717) is 23.7 Å². The Hall–Kier alpha value is -3.67. The molecule has 6 heteroatoms. The van der Waals surface area contributed by atoms with Gasteiger partial charge in [-0.2, -0.15) is 5.11 Å². The Morgan fingerprint density at radius 1 is 0.931 bits per heavy atom. The third kappa shape index (κ3) is 3.45. The Kier molecular flexibility index (Phi) is 4.76. The number of anilines is 1. The van der Waals surface area contributed by atoms with Crippen molar-refractivity contribution in [2.75, 3.05) is 12.3 Å². The molecule has 1 aromatic heterocycles. The first-order valence-electron chi connectivity index (χ1n) is 9.44. The maximum atomic E-state index is 10.3. The van der Waals surface area contributed by atoms with E-state index in [1.165, 1.54) is 0 Å². The number of nitrogens with zero attached hydrogens (tertiary/aromatic N) is 3. The first-order valence-corrected chi connectivity index (χ1v) is 9.44. The number of hydrogen-bond acceptors (Lipinski definition) is 6. The van der Waals surface area contributed by atoms with Crippen molar-refractivity contribution in [3.8, 4) is 11.5 Å². The zero-order valence-electron chi connectivity index (χ0n) is 16.6. The minimum Gasteiger partial charge on any atom is -0.505 e. The highest BCUT2D eigenvalue weighted by Gasteiger charge is 2.10. The first-order chi connectivity index (χ1) is 14.0. The predicted octanol–water partition coefficient (Wildman–Crippen LogP) is 6.11. The molecule has 4 aromatic rings. The summed E-state index contributed by atoms with van der Waals surface area (Å²) in [5, 5.41) is 20.5. The molecule has 3 aromatic carbocycles. The van der Waals surface area contributed by atoms with Gasteiger partial charge in [0.15, 0.2) is 0 Å². The van der Waals surface area contributed by atoms with Crippen LogP contribution >= 0.6 is 0 Å². The summed E-state index contributed by atoms with van der Waals surface area (Å²) < 4.78 is 5.57. The summed E-state index contributed by atoms with van der Waals surface area (Å²) in [4.78, 5) is 4.72. The second-order valence-corrected chi connectivity index (χ2v) is 6.94. The Morgan fingerprint density at radius 2 is 1.72 bits per heavy atom. The number of azo groups is 1. The van der Waals surface area contributed by atoms with Crippen molar-refractivity contribution in [1.29, 1.82) is 0 Å². The topological polar surface area (TPSA) is 93.1 Å². The zero-order valence-corrected chi connectivity index (χ0v) is 16.6. The Morgan fingerprint density at radius 3 is 2.52 bits per heavy atom. The summed E-state index contributed by atoms with van der Waals surface area (Å²) in [7, 11) is 0. The lowest BCUT2D eigenvalue weighted by molar-refractivity contribution is 0.341. The summed E-state index contributed by atoms with van der Waals surface area (Å²) >= 11 is 0. The smallest absolute Gasteiger partial charge is 0.146 e. The maximum absolute atomic E-state index is 10.3. The number of nitrogens with two attached hydrogens (primary N) is 1. The van der Waals surface area contributed by atoms with Crippen molar-refractivity contribution < 1.29 is 9.84 Å². The molecular weight excluding hydrogens is 364 g/mol. The molecule has 146 valence electrons. The molecule has 0 radical (unpaired) electrons. The third-order valence-corrected chi connectivity index (χ3v) is 4.90. The molecule has 0 saturated carbocycles. The van der Waals surface area contributed by atoms with Gasteiger partial charge in [0.2, 0.25) is 0 Å². The average Bonchev–Trinajstić information content (AvgIpc) is 2.71. The molecule has 29 heavy (non-hydrogen) atoms. The van der Waals surface area contributed by atoms with Gasteiger partial charge in [0, 0.05) is 10.8 Å². The minimum atomic E-state index is 0.146. The number of aromatic nitrogens is 1. The van der Waals surface area contributed by atoms with Crippen molar-refractivity contribution >= 4 is 38.9 Å². The van der Waals surface area contributed by atoms with Crippen molar-refractivity contribution in [3.63, 3.8) is 0 Å². The first kappa shape index (κ1) is 18.7. The van der Waals surface area contributed by atoms with Crippen LogP contribution in [0.25, 0.3) is 21.8 Å². The lowest BCUT2D eigenvalue weighted by Gasteiger charge is -2.09. The largest absolute Gasteiger partial charge is 0.505 e. The highest BCUT2D eigenvalue weighted by molar-refractivity contribution is 6.07. The number of pyridine rings is 1. The lowest BCUT2D eigenvalue weighted by atomic mass is 10.1. The van der Waals surface area contributed by atoms with E-state index in [0.717, 1.165) is 38.7 Å². The van der Waals surface area contributed by atoms with E-state index in [2.05, 4.69) is 10.2 Å². The predicted molar refractivity (Wildman–Crippen MR) is 117 cm³/mol. The van der Waals surface area contributed by atoms with Gasteiger partial charge in [-0.15, -0.1) is 5.11 Å². The molecule has 0 atom stereocenters. The Balaban J connectivity index is 1.77. The molecule has 0 unspecified atom stereocenters. The van der Waals surface area contributed by atoms with Gasteiger partial charge < -0.3 is 15.6 Å². The molecular formula is C23H22N4O2. The fourth-order valence-corrected chi connectivity index (χ4v) is 3.28. The summed E-state index contributed by atoms with van der Waals surface area (Å²) in [6.45, 7) is 6.26. The monoisotopic (exact) mass is 386 g/mol. The number of rotatable bonds is 4. The van der Waals surface area contributed by atoms with E-state index in [1.54, 1.807) is 0 Å². The van der Waals surface area contributed by atoms with Crippen LogP contribution in [0.5, 0.6) is 11.5 Å². The van der Waals surface area contributed by atoms with Gasteiger partial charge in [-0.05, 0) is 68.3 Å². The summed E-state index contributed by atoms with van der Waals surface area (Å²) in [5.74, 6) is 0.916. The lowest BCUT2D eigenvalue weighted by Crippen LogP contribution is -1.95. The van der Waals surface area contributed by atoms with Crippen LogP contribution in [0.4, 0.5) is 17.1 Å². The molecule has 0 amide bonds. The van der Waals surface area contributed by atoms with Gasteiger partial charge in [-0.1, -0.05) is 12.1 Å². The summed E-state index contributed by atoms with van der Waals surface area (Å²) in [6.07, 6.45) is 0. The van der Waals surface area contributed by atoms with Crippen molar-refractivity contribution in [1.82, 2.24) is 4.98 Å². The second kappa shape index (κ2) is 7.39. The number of phenolic OH excluding ortho intramolecular Hbond substituents is 1. The number of benzene rings is 3. The molecule has 1 heterocycles. The number of phenols is 1. The molecule has 0 aliphatic rings. The summed E-state index contributed by atoms with van der Waals surface area (Å²) in [5.41, 5.74) is 11.3. The normalized spacial score (nSPS) is 11.6. The van der Waals surface area contributed by atoms with Gasteiger partial charge in [-0.3, -0.25) is 0 Å². The number of aromatic hydroxyl groups is 1. The van der Waals surface area contributed by atoms with Crippen LogP contribution in [0.3, 0.4) is 0 Å². The molecule has 0 spiro atoms. The van der Waals surface area contributed by atoms with Crippen molar-refractivity contribution in [2.45, 2.75) is 20.8 Å². The molecule has 6 nitrogen and oxygen atoms in total. The van der Waals surface area contributed by atoms with E-state index in [-0.39, 0.29) is 5.75 Å². The maximum Gasteiger partial charge on any atom is 0.146 e. The molecule has 0 aliphatic carbocycles. The van der Waals surface area contributed by atoms with Crippen LogP contribution in [0.2, 0.25) is 0 Å². The van der Waals surface area contributed by atoms with Crippen LogP contribution in [-0.2, 0) is 0 Å². The highest BCUT2D eigenvalue weighted by atomic mass is 16.5. The SMILES string of the molecule is CCOc1ccc2nc3cc(/N=N/c4c(C)ccc(C)c4O)ccc3c(N)c2c1. The van der Waals surface area contributed by atoms with Crippen LogP contribution in [-0.4, -0.2) is 16.7 Å². The molecule has 4 rings (SSSR count). The molecule has 0 fully saturated rings. The van der Waals surface area contributed by atoms with Crippen molar-refractivity contribution in [3.05, 3.63) is 59.7 Å². The van der Waals surface area contributed by atoms with Crippen LogP contribution in [0.15, 0.2) is 58.8 Å². The molecule has 0 saturated heterocycles. The van der Waals surface area contributed by atoms with Gasteiger partial charge in [0.25, 0.3) is 0 Å². The van der Waals surface area contributed by atoms with E-state index >= 15 is 0 Å². The van der Waals surface area contributed by atoms with Gasteiger partial charge in [-0.25, -0.2) is 4.98 Å². The third-order valence-electron chi connectivity index (χ3n) is 4.90. The highest BCUT2D eigenvalue weighted by Crippen LogP contribution is 2.36. The number of ether oxygens (including phenoxy) is 1. The molecule has 3 N–H and O–H groups in total. The van der Waals surface area contributed by atoms with Crippen LogP contribution in [0.1, 0.15) is 18.1 Å². The van der Waals surface area contributed by atoms with E-state index in [9.17, 15) is 5.11 Å². The average molecular weight is 386 g/mol. The van der Waals surface area contributed by atoms with Gasteiger partial charge >= 0.3 is 0 Å². The number of nitrogen functional groups attached to an aromatic ring is 1. The minimum absolute atomic E-state index is 0.146. The fourth-order valence-electron chi connectivity index (χ4n) is 3.28. The quantitative estimate of drug-likeness (QED) is 0.327. The summed E-state index contributed by atoms with van der Waals surface area (Å²) in [6, 6.07) is 15.0. The van der Waals surface area contributed by atoms with E-state index in [4.69, 9.17) is 15.5 Å². The Labute approximate surface area is 168 Å². The van der Waals surface area contributed by atoms with E-state index in [1.807, 2.05) is 69.3 Å². The van der Waals surface area contributed by atoms with Crippen molar-refractivity contribution in [2.24, 2.45) is 10.2 Å². The number of aryl methyl sites for hydroxylation is 2.